The van der Waals surface area contributed by atoms with Crippen LogP contribution in [0, 0.1) is 17.0 Å². The van der Waals surface area contributed by atoms with Gasteiger partial charge >= 0.3 is 0 Å². The van der Waals surface area contributed by atoms with Gasteiger partial charge in [0.05, 0.1) is 10.5 Å². The third kappa shape index (κ3) is 4.25. The van der Waals surface area contributed by atoms with E-state index in [1.807, 2.05) is 31.2 Å². The highest BCUT2D eigenvalue weighted by atomic mass is 32.1. The number of nitro benzene ring substituents is 1. The Kier molecular flexibility index (Phi) is 4.84. The van der Waals surface area contributed by atoms with Crippen LogP contribution in [0.2, 0.25) is 0 Å². The van der Waals surface area contributed by atoms with Crippen LogP contribution in [0.25, 0.3) is 0 Å². The average Bonchev–Trinajstić information content (AvgIpc) is 2.48. The van der Waals surface area contributed by atoms with Crippen molar-refractivity contribution < 1.29 is 9.66 Å². The van der Waals surface area contributed by atoms with Crippen molar-refractivity contribution in [3.05, 3.63) is 69.8 Å². The molecule has 0 unspecified atom stereocenters. The predicted octanol–water partition coefficient (Wildman–Crippen LogP) is 3.82. The first-order chi connectivity index (χ1) is 10.1. The Morgan fingerprint density at radius 2 is 1.90 bits per heavy atom. The minimum atomic E-state index is -0.435. The smallest absolute Gasteiger partial charge is 0.276 e. The lowest BCUT2D eigenvalue weighted by Gasteiger charge is -2.10. The number of anilines is 1. The summed E-state index contributed by atoms with van der Waals surface area (Å²) >= 11 is 5.07. The van der Waals surface area contributed by atoms with Crippen molar-refractivity contribution in [2.24, 2.45) is 0 Å². The summed E-state index contributed by atoms with van der Waals surface area (Å²) in [6.07, 6.45) is 0. The average molecular weight is 302 g/mol. The maximum absolute atomic E-state index is 10.9. The predicted molar refractivity (Wildman–Crippen MR) is 85.3 cm³/mol. The summed E-state index contributed by atoms with van der Waals surface area (Å²) in [5.74, 6) is 0. The van der Waals surface area contributed by atoms with Gasteiger partial charge in [-0.05, 0) is 37.3 Å². The third-order valence-corrected chi connectivity index (χ3v) is 3.06. The number of rotatable bonds is 4. The molecule has 2 rings (SSSR count). The number of benzene rings is 2. The second-order valence-electron chi connectivity index (χ2n) is 4.45. The molecular weight excluding hydrogens is 288 g/mol. The monoisotopic (exact) mass is 302 g/mol. The summed E-state index contributed by atoms with van der Waals surface area (Å²) in [4.78, 5) is 10.5. The van der Waals surface area contributed by atoms with E-state index in [1.54, 1.807) is 18.2 Å². The molecular formula is C15H14N2O3S. The van der Waals surface area contributed by atoms with Crippen LogP contribution in [0.5, 0.6) is 0 Å². The SMILES string of the molecule is Cc1ccc(NC(=S)OCc2ccccc2[N+](=O)[O-])cc1. The van der Waals surface area contributed by atoms with Gasteiger partial charge in [0.25, 0.3) is 10.9 Å². The van der Waals surface area contributed by atoms with Crippen LogP contribution in [-0.4, -0.2) is 10.1 Å². The quantitative estimate of drug-likeness (QED) is 0.528. The van der Waals surface area contributed by atoms with E-state index in [9.17, 15) is 10.1 Å². The maximum atomic E-state index is 10.9. The van der Waals surface area contributed by atoms with Crippen molar-refractivity contribution in [3.8, 4) is 0 Å². The standard InChI is InChI=1S/C15H14N2O3S/c1-11-6-8-13(9-7-11)16-15(21)20-10-12-4-2-3-5-14(12)17(18)19/h2-9H,10H2,1H3,(H,16,21). The molecule has 0 aliphatic rings. The van der Waals surface area contributed by atoms with Gasteiger partial charge in [0.1, 0.15) is 6.61 Å². The molecule has 0 aliphatic heterocycles. The van der Waals surface area contributed by atoms with Crippen LogP contribution in [0.4, 0.5) is 11.4 Å². The molecule has 0 spiro atoms. The lowest BCUT2D eigenvalue weighted by atomic mass is 10.2. The molecule has 0 saturated heterocycles. The fraction of sp³-hybridized carbons (Fsp3) is 0.133. The molecule has 0 fully saturated rings. The summed E-state index contributed by atoms with van der Waals surface area (Å²) < 4.78 is 5.37. The van der Waals surface area contributed by atoms with Crippen molar-refractivity contribution in [2.45, 2.75) is 13.5 Å². The summed E-state index contributed by atoms with van der Waals surface area (Å²) in [5, 5.41) is 14.0. The third-order valence-electron chi connectivity index (χ3n) is 2.85. The highest BCUT2D eigenvalue weighted by Crippen LogP contribution is 2.18. The van der Waals surface area contributed by atoms with E-state index in [-0.39, 0.29) is 17.5 Å². The van der Waals surface area contributed by atoms with Gasteiger partial charge in [-0.15, -0.1) is 0 Å². The molecule has 0 radical (unpaired) electrons. The zero-order chi connectivity index (χ0) is 15.2. The van der Waals surface area contributed by atoms with E-state index in [0.29, 0.717) is 5.56 Å². The highest BCUT2D eigenvalue weighted by molar-refractivity contribution is 7.80. The van der Waals surface area contributed by atoms with E-state index < -0.39 is 4.92 Å². The highest BCUT2D eigenvalue weighted by Gasteiger charge is 2.13. The van der Waals surface area contributed by atoms with Gasteiger partial charge in [0.2, 0.25) is 0 Å². The zero-order valence-corrected chi connectivity index (χ0v) is 12.2. The molecule has 108 valence electrons. The van der Waals surface area contributed by atoms with Gasteiger partial charge in [0.15, 0.2) is 0 Å². The fourth-order valence-corrected chi connectivity index (χ4v) is 1.92. The van der Waals surface area contributed by atoms with E-state index in [2.05, 4.69) is 5.32 Å². The summed E-state index contributed by atoms with van der Waals surface area (Å²) in [6, 6.07) is 14.1. The molecule has 0 saturated carbocycles. The number of hydrogen-bond donors (Lipinski definition) is 1. The number of para-hydroxylation sites is 1. The molecule has 5 nitrogen and oxygen atoms in total. The minimum Gasteiger partial charge on any atom is -0.466 e. The molecule has 2 aromatic rings. The Labute approximate surface area is 127 Å². The molecule has 0 aromatic heterocycles. The molecule has 6 heteroatoms. The topological polar surface area (TPSA) is 64.4 Å². The normalized spacial score (nSPS) is 9.95. The number of thiocarbonyl (C=S) groups is 1. The van der Waals surface area contributed by atoms with Crippen LogP contribution in [-0.2, 0) is 11.3 Å². The van der Waals surface area contributed by atoms with Gasteiger partial charge < -0.3 is 10.1 Å². The van der Waals surface area contributed by atoms with Crippen LogP contribution >= 0.6 is 12.2 Å². The largest absolute Gasteiger partial charge is 0.466 e. The van der Waals surface area contributed by atoms with Crippen molar-refractivity contribution in [1.29, 1.82) is 0 Å². The molecule has 1 N–H and O–H groups in total. The van der Waals surface area contributed by atoms with Gasteiger partial charge in [-0.2, -0.15) is 0 Å². The number of ether oxygens (including phenoxy) is 1. The number of nitrogens with zero attached hydrogens (tertiary/aromatic N) is 1. The lowest BCUT2D eigenvalue weighted by Crippen LogP contribution is -2.13. The first kappa shape index (κ1) is 14.9. The summed E-state index contributed by atoms with van der Waals surface area (Å²) in [5.41, 5.74) is 2.46. The van der Waals surface area contributed by atoms with E-state index in [4.69, 9.17) is 17.0 Å². The second-order valence-corrected chi connectivity index (χ2v) is 4.82. The van der Waals surface area contributed by atoms with Crippen molar-refractivity contribution in [2.75, 3.05) is 5.32 Å². The summed E-state index contributed by atoms with van der Waals surface area (Å²) in [6.45, 7) is 2.04. The Balaban J connectivity index is 1.95. The second kappa shape index (κ2) is 6.81. The first-order valence-electron chi connectivity index (χ1n) is 6.29. The minimum absolute atomic E-state index is 0.0237. The first-order valence-corrected chi connectivity index (χ1v) is 6.70. The van der Waals surface area contributed by atoms with E-state index in [0.717, 1.165) is 11.3 Å². The Hall–Kier alpha value is -2.47. The van der Waals surface area contributed by atoms with Crippen LogP contribution in [0.1, 0.15) is 11.1 Å². The van der Waals surface area contributed by atoms with Gasteiger partial charge in [-0.1, -0.05) is 29.8 Å². The van der Waals surface area contributed by atoms with Crippen LogP contribution in [0.15, 0.2) is 48.5 Å². The molecule has 0 heterocycles. The molecule has 0 aliphatic carbocycles. The van der Waals surface area contributed by atoms with Crippen molar-refractivity contribution >= 4 is 28.8 Å². The van der Waals surface area contributed by atoms with Gasteiger partial charge in [-0.25, -0.2) is 0 Å². The van der Waals surface area contributed by atoms with Gasteiger partial charge in [-0.3, -0.25) is 10.1 Å². The van der Waals surface area contributed by atoms with Crippen molar-refractivity contribution in [1.82, 2.24) is 0 Å². The van der Waals surface area contributed by atoms with Crippen LogP contribution < -0.4 is 5.32 Å². The summed E-state index contributed by atoms with van der Waals surface area (Å²) in [7, 11) is 0. The molecule has 0 bridgehead atoms. The van der Waals surface area contributed by atoms with E-state index in [1.165, 1.54) is 6.07 Å². The number of hydrogen-bond acceptors (Lipinski definition) is 4. The Morgan fingerprint density at radius 1 is 1.24 bits per heavy atom. The molecule has 0 atom stereocenters. The number of nitrogens with one attached hydrogen (secondary N) is 1. The van der Waals surface area contributed by atoms with Crippen LogP contribution in [0.3, 0.4) is 0 Å². The number of aryl methyl sites for hydroxylation is 1. The fourth-order valence-electron chi connectivity index (χ4n) is 1.75. The molecule has 0 amide bonds. The lowest BCUT2D eigenvalue weighted by molar-refractivity contribution is -0.385. The Morgan fingerprint density at radius 3 is 2.57 bits per heavy atom. The maximum Gasteiger partial charge on any atom is 0.276 e. The van der Waals surface area contributed by atoms with Crippen molar-refractivity contribution in [3.63, 3.8) is 0 Å². The zero-order valence-electron chi connectivity index (χ0n) is 11.4. The van der Waals surface area contributed by atoms with Gasteiger partial charge in [0, 0.05) is 11.8 Å². The molecule has 21 heavy (non-hydrogen) atoms. The van der Waals surface area contributed by atoms with E-state index >= 15 is 0 Å². The Bertz CT molecular complexity index is 656. The number of nitro groups is 1. The molecule has 2 aromatic carbocycles.